The molecular formula is C16H24N3O3+. The van der Waals surface area contributed by atoms with Gasteiger partial charge < -0.3 is 14.8 Å². The van der Waals surface area contributed by atoms with Gasteiger partial charge in [0.1, 0.15) is 5.75 Å². The van der Waals surface area contributed by atoms with Gasteiger partial charge in [-0.1, -0.05) is 12.1 Å². The van der Waals surface area contributed by atoms with E-state index in [1.807, 2.05) is 24.3 Å². The first-order valence-electron chi connectivity index (χ1n) is 7.19. The normalized spacial score (nSPS) is 10.1. The van der Waals surface area contributed by atoms with E-state index in [0.29, 0.717) is 31.0 Å². The van der Waals surface area contributed by atoms with Crippen LogP contribution in [-0.4, -0.2) is 37.7 Å². The van der Waals surface area contributed by atoms with Gasteiger partial charge in [0.2, 0.25) is 0 Å². The predicted octanol–water partition coefficient (Wildman–Crippen LogP) is 0.348. The van der Waals surface area contributed by atoms with Crippen molar-refractivity contribution in [2.24, 2.45) is 0 Å². The van der Waals surface area contributed by atoms with Gasteiger partial charge in [-0.3, -0.25) is 15.6 Å². The summed E-state index contributed by atoms with van der Waals surface area (Å²) >= 11 is 0. The highest BCUT2D eigenvalue weighted by Gasteiger charge is 2.04. The lowest BCUT2D eigenvalue weighted by Gasteiger charge is -2.08. The van der Waals surface area contributed by atoms with Crippen LogP contribution in [0.25, 0.3) is 0 Å². The molecule has 0 saturated carbocycles. The summed E-state index contributed by atoms with van der Waals surface area (Å²) in [6.07, 6.45) is 1.36. The summed E-state index contributed by atoms with van der Waals surface area (Å²) in [5.41, 5.74) is 2.04. The Labute approximate surface area is 130 Å². The van der Waals surface area contributed by atoms with Crippen LogP contribution in [-0.2, 0) is 16.1 Å². The average Bonchev–Trinajstić information content (AvgIpc) is 2.51. The number of rotatable bonds is 10. The third kappa shape index (κ3) is 6.99. The Morgan fingerprint density at radius 3 is 2.86 bits per heavy atom. The van der Waals surface area contributed by atoms with Crippen LogP contribution in [0.1, 0.15) is 25.3 Å². The van der Waals surface area contributed by atoms with Crippen molar-refractivity contribution >= 4 is 17.4 Å². The Balaban J connectivity index is 2.33. The first-order chi connectivity index (χ1) is 10.5. The molecule has 0 radical (unpaired) electrons. The van der Waals surface area contributed by atoms with E-state index in [9.17, 15) is 4.79 Å². The number of methoxy groups -OCH3 is 1. The molecular weight excluding hydrogens is 282 g/mol. The number of esters is 1. The number of nitrogens with one attached hydrogen (secondary N) is 2. The molecule has 0 aromatic heterocycles. The number of carbonyl (C=O) groups excluding carboxylic acids is 1. The van der Waals surface area contributed by atoms with Crippen molar-refractivity contribution < 1.29 is 19.7 Å². The van der Waals surface area contributed by atoms with Crippen molar-refractivity contribution in [2.75, 3.05) is 20.3 Å². The maximum absolute atomic E-state index is 11.0. The van der Waals surface area contributed by atoms with Crippen LogP contribution >= 0.6 is 0 Å². The summed E-state index contributed by atoms with van der Waals surface area (Å²) in [7, 11) is 1.36. The molecule has 0 unspecified atom stereocenters. The summed E-state index contributed by atoms with van der Waals surface area (Å²) in [5.74, 6) is 0.485. The second-order valence-corrected chi connectivity index (χ2v) is 4.94. The van der Waals surface area contributed by atoms with Gasteiger partial charge in [-0.2, -0.15) is 0 Å². The van der Waals surface area contributed by atoms with Crippen molar-refractivity contribution in [1.82, 2.24) is 5.32 Å². The Kier molecular flexibility index (Phi) is 7.85. The summed E-state index contributed by atoms with van der Waals surface area (Å²) in [6.45, 7) is 3.01. The molecule has 0 heterocycles. The van der Waals surface area contributed by atoms with Crippen molar-refractivity contribution in [3.05, 3.63) is 29.8 Å². The van der Waals surface area contributed by atoms with E-state index in [1.54, 1.807) is 6.92 Å². The van der Waals surface area contributed by atoms with Gasteiger partial charge in [-0.25, -0.2) is 0 Å². The van der Waals surface area contributed by atoms with Gasteiger partial charge in [0.05, 0.1) is 26.0 Å². The number of ether oxygens (including phenoxy) is 2. The topological polar surface area (TPSA) is 97.0 Å². The second kappa shape index (κ2) is 9.68. The van der Waals surface area contributed by atoms with Crippen LogP contribution in [0, 0.1) is 5.41 Å². The van der Waals surface area contributed by atoms with E-state index in [-0.39, 0.29) is 12.5 Å². The lowest BCUT2D eigenvalue weighted by Crippen LogP contribution is -2.42. The average molecular weight is 306 g/mol. The smallest absolute Gasteiger partial charge is 0.319 e. The molecule has 0 bridgehead atoms. The SMILES string of the molecule is COC(=O)CNCc1cccc(OCCCC(=N)C(C)=[NH2+])c1. The third-order valence-electron chi connectivity index (χ3n) is 3.04. The molecule has 1 rings (SSSR count). The fourth-order valence-electron chi connectivity index (χ4n) is 1.76. The lowest BCUT2D eigenvalue weighted by molar-refractivity contribution is -0.139. The molecule has 1 aromatic carbocycles. The quantitative estimate of drug-likeness (QED) is 0.330. The number of nitrogens with two attached hydrogens (primary N) is 1. The van der Waals surface area contributed by atoms with E-state index in [2.05, 4.69) is 10.1 Å². The summed E-state index contributed by atoms with van der Waals surface area (Å²) in [6, 6.07) is 7.68. The van der Waals surface area contributed by atoms with Crippen LogP contribution in [0.15, 0.2) is 24.3 Å². The number of benzene rings is 1. The summed E-state index contributed by atoms with van der Waals surface area (Å²) in [5, 5.41) is 16.2. The molecule has 0 saturated heterocycles. The largest absolute Gasteiger partial charge is 0.494 e. The molecule has 120 valence electrons. The zero-order chi connectivity index (χ0) is 16.4. The Bertz CT molecular complexity index is 529. The number of carbonyl (C=O) groups is 1. The zero-order valence-corrected chi connectivity index (χ0v) is 13.1. The molecule has 0 atom stereocenters. The molecule has 6 heteroatoms. The Morgan fingerprint density at radius 2 is 2.18 bits per heavy atom. The van der Waals surface area contributed by atoms with Gasteiger partial charge in [-0.05, 0) is 30.5 Å². The predicted molar refractivity (Wildman–Crippen MR) is 85.2 cm³/mol. The van der Waals surface area contributed by atoms with E-state index < -0.39 is 0 Å². The molecule has 0 aliphatic heterocycles. The molecule has 1 aromatic rings. The highest BCUT2D eigenvalue weighted by atomic mass is 16.5. The van der Waals surface area contributed by atoms with Crippen molar-refractivity contribution in [3.8, 4) is 5.75 Å². The van der Waals surface area contributed by atoms with E-state index in [4.69, 9.17) is 15.6 Å². The maximum atomic E-state index is 11.0. The van der Waals surface area contributed by atoms with Crippen LogP contribution in [0.4, 0.5) is 0 Å². The van der Waals surface area contributed by atoms with E-state index in [0.717, 1.165) is 17.7 Å². The second-order valence-electron chi connectivity index (χ2n) is 4.94. The molecule has 0 amide bonds. The van der Waals surface area contributed by atoms with E-state index in [1.165, 1.54) is 7.11 Å². The highest BCUT2D eigenvalue weighted by molar-refractivity contribution is 6.37. The minimum atomic E-state index is -0.290. The molecule has 0 aliphatic carbocycles. The lowest BCUT2D eigenvalue weighted by atomic mass is 10.1. The summed E-state index contributed by atoms with van der Waals surface area (Å²) < 4.78 is 10.2. The van der Waals surface area contributed by atoms with Crippen LogP contribution in [0.3, 0.4) is 0 Å². The van der Waals surface area contributed by atoms with Crippen LogP contribution < -0.4 is 15.5 Å². The Hall–Kier alpha value is -2.21. The zero-order valence-electron chi connectivity index (χ0n) is 13.1. The first-order valence-corrected chi connectivity index (χ1v) is 7.19. The minimum Gasteiger partial charge on any atom is -0.494 e. The van der Waals surface area contributed by atoms with Gasteiger partial charge in [0, 0.05) is 13.5 Å². The minimum absolute atomic E-state index is 0.179. The van der Waals surface area contributed by atoms with Crippen molar-refractivity contribution in [2.45, 2.75) is 26.3 Å². The fourth-order valence-corrected chi connectivity index (χ4v) is 1.76. The van der Waals surface area contributed by atoms with E-state index >= 15 is 0 Å². The van der Waals surface area contributed by atoms with Gasteiger partial charge >= 0.3 is 5.97 Å². The third-order valence-corrected chi connectivity index (χ3v) is 3.04. The molecule has 6 nitrogen and oxygen atoms in total. The van der Waals surface area contributed by atoms with Gasteiger partial charge in [0.25, 0.3) is 0 Å². The highest BCUT2D eigenvalue weighted by Crippen LogP contribution is 2.13. The monoisotopic (exact) mass is 306 g/mol. The van der Waals surface area contributed by atoms with Gasteiger partial charge in [-0.15, -0.1) is 0 Å². The fraction of sp³-hybridized carbons (Fsp3) is 0.438. The molecule has 4 N–H and O–H groups in total. The molecule has 0 spiro atoms. The van der Waals surface area contributed by atoms with Crippen molar-refractivity contribution in [1.29, 1.82) is 5.41 Å². The Morgan fingerprint density at radius 1 is 1.41 bits per heavy atom. The first kappa shape index (κ1) is 17.8. The van der Waals surface area contributed by atoms with Crippen molar-refractivity contribution in [3.63, 3.8) is 0 Å². The number of hydrogen-bond donors (Lipinski definition) is 3. The van der Waals surface area contributed by atoms with Crippen LogP contribution in [0.2, 0.25) is 0 Å². The maximum Gasteiger partial charge on any atom is 0.319 e. The molecule has 0 fully saturated rings. The van der Waals surface area contributed by atoms with Crippen LogP contribution in [0.5, 0.6) is 5.75 Å². The van der Waals surface area contributed by atoms with Gasteiger partial charge in [0.15, 0.2) is 5.71 Å². The molecule has 22 heavy (non-hydrogen) atoms. The summed E-state index contributed by atoms with van der Waals surface area (Å²) in [4.78, 5) is 11.0. The molecule has 0 aliphatic rings. The number of hydrogen-bond acceptors (Lipinski definition) is 5. The standard InChI is InChI=1S/C16H23N3O3/c1-12(17)15(18)7-4-8-22-14-6-3-5-13(9-14)10-19-11-16(20)21-2/h3,5-6,9,17-19H,4,7-8,10-11H2,1-2H3/p+1.